The zero-order valence-corrected chi connectivity index (χ0v) is 12.8. The fraction of sp³-hybridized carbons (Fsp3) is 0.643. The smallest absolute Gasteiger partial charge is 0.306 e. The predicted octanol–water partition coefficient (Wildman–Crippen LogP) is 2.10. The minimum Gasteiger partial charge on any atom is -0.453 e. The molecule has 0 aromatic carbocycles. The fourth-order valence-electron chi connectivity index (χ4n) is 1.81. The Kier molecular flexibility index (Phi) is 5.73. The highest BCUT2D eigenvalue weighted by Crippen LogP contribution is 2.18. The third-order valence-electron chi connectivity index (χ3n) is 3.17. The van der Waals surface area contributed by atoms with Crippen LogP contribution in [-0.2, 0) is 21.4 Å². The zero-order chi connectivity index (χ0) is 15.3. The van der Waals surface area contributed by atoms with Crippen molar-refractivity contribution in [3.05, 3.63) is 11.4 Å². The van der Waals surface area contributed by atoms with Crippen LogP contribution in [0, 0.1) is 13.8 Å². The van der Waals surface area contributed by atoms with Gasteiger partial charge in [0.15, 0.2) is 6.10 Å². The van der Waals surface area contributed by atoms with Crippen molar-refractivity contribution in [2.45, 2.75) is 53.1 Å². The second-order valence-corrected chi connectivity index (χ2v) is 4.89. The Morgan fingerprint density at radius 3 is 2.55 bits per heavy atom. The van der Waals surface area contributed by atoms with E-state index < -0.39 is 6.10 Å². The standard InChI is InChI=1S/C14H23N3O3/c1-6-7-8-12(18)20-11(4)14(19)15-13-9(2)16-17(5)10(13)3/h11H,6-8H2,1-5H3,(H,15,19). The lowest BCUT2D eigenvalue weighted by Crippen LogP contribution is -2.30. The molecule has 0 aliphatic heterocycles. The molecule has 1 rings (SSSR count). The van der Waals surface area contributed by atoms with Gasteiger partial charge in [0.2, 0.25) is 0 Å². The van der Waals surface area contributed by atoms with Crippen LogP contribution in [0.15, 0.2) is 0 Å². The largest absolute Gasteiger partial charge is 0.453 e. The molecule has 0 radical (unpaired) electrons. The van der Waals surface area contributed by atoms with E-state index in [1.54, 1.807) is 11.6 Å². The van der Waals surface area contributed by atoms with E-state index in [0.717, 1.165) is 24.2 Å². The summed E-state index contributed by atoms with van der Waals surface area (Å²) in [6.07, 6.45) is 1.23. The molecular weight excluding hydrogens is 258 g/mol. The second-order valence-electron chi connectivity index (χ2n) is 4.89. The van der Waals surface area contributed by atoms with Gasteiger partial charge in [0.05, 0.1) is 17.1 Å². The van der Waals surface area contributed by atoms with Crippen molar-refractivity contribution in [3.63, 3.8) is 0 Å². The number of nitrogens with zero attached hydrogens (tertiary/aromatic N) is 2. The highest BCUT2D eigenvalue weighted by molar-refractivity contribution is 5.96. The Labute approximate surface area is 119 Å². The summed E-state index contributed by atoms with van der Waals surface area (Å²) in [7, 11) is 1.81. The van der Waals surface area contributed by atoms with E-state index in [4.69, 9.17) is 4.74 Å². The molecule has 1 N–H and O–H groups in total. The van der Waals surface area contributed by atoms with Gasteiger partial charge in [-0.1, -0.05) is 13.3 Å². The maximum atomic E-state index is 12.0. The van der Waals surface area contributed by atoms with Crippen LogP contribution in [-0.4, -0.2) is 27.8 Å². The number of aryl methyl sites for hydroxylation is 2. The monoisotopic (exact) mass is 281 g/mol. The topological polar surface area (TPSA) is 73.2 Å². The first-order valence-corrected chi connectivity index (χ1v) is 6.87. The summed E-state index contributed by atoms with van der Waals surface area (Å²) >= 11 is 0. The third-order valence-corrected chi connectivity index (χ3v) is 3.17. The SMILES string of the molecule is CCCCC(=O)OC(C)C(=O)Nc1c(C)nn(C)c1C. The van der Waals surface area contributed by atoms with Gasteiger partial charge in [-0.3, -0.25) is 14.3 Å². The Morgan fingerprint density at radius 1 is 1.40 bits per heavy atom. The maximum Gasteiger partial charge on any atom is 0.306 e. The van der Waals surface area contributed by atoms with Crippen LogP contribution >= 0.6 is 0 Å². The fourth-order valence-corrected chi connectivity index (χ4v) is 1.81. The summed E-state index contributed by atoms with van der Waals surface area (Å²) in [6, 6.07) is 0. The minimum atomic E-state index is -0.807. The molecule has 0 aliphatic rings. The van der Waals surface area contributed by atoms with Crippen LogP contribution in [0.25, 0.3) is 0 Å². The summed E-state index contributed by atoms with van der Waals surface area (Å²) < 4.78 is 6.79. The van der Waals surface area contributed by atoms with E-state index >= 15 is 0 Å². The number of unbranched alkanes of at least 4 members (excludes halogenated alkanes) is 1. The van der Waals surface area contributed by atoms with Crippen LogP contribution in [0.3, 0.4) is 0 Å². The Balaban J connectivity index is 2.60. The van der Waals surface area contributed by atoms with E-state index in [9.17, 15) is 9.59 Å². The summed E-state index contributed by atoms with van der Waals surface area (Å²) in [4.78, 5) is 23.5. The molecule has 0 saturated heterocycles. The molecule has 6 heteroatoms. The highest BCUT2D eigenvalue weighted by atomic mass is 16.5. The van der Waals surface area contributed by atoms with Gasteiger partial charge in [0.25, 0.3) is 5.91 Å². The van der Waals surface area contributed by atoms with Crippen LogP contribution in [0.1, 0.15) is 44.5 Å². The number of amides is 1. The predicted molar refractivity (Wildman–Crippen MR) is 76.4 cm³/mol. The number of nitrogens with one attached hydrogen (secondary N) is 1. The number of hydrogen-bond donors (Lipinski definition) is 1. The molecule has 1 aromatic rings. The normalized spacial score (nSPS) is 12.1. The van der Waals surface area contributed by atoms with Gasteiger partial charge >= 0.3 is 5.97 Å². The zero-order valence-electron chi connectivity index (χ0n) is 12.8. The van der Waals surface area contributed by atoms with Crippen molar-refractivity contribution in [1.29, 1.82) is 0 Å². The third kappa shape index (κ3) is 4.08. The first kappa shape index (κ1) is 16.2. The number of aromatic nitrogens is 2. The van der Waals surface area contributed by atoms with Crippen molar-refractivity contribution < 1.29 is 14.3 Å². The molecule has 1 amide bonds. The van der Waals surface area contributed by atoms with Crippen LogP contribution in [0.2, 0.25) is 0 Å². The maximum absolute atomic E-state index is 12.0. The van der Waals surface area contributed by atoms with Crippen LogP contribution < -0.4 is 5.32 Å². The number of rotatable bonds is 6. The Hall–Kier alpha value is -1.85. The van der Waals surface area contributed by atoms with E-state index in [1.807, 2.05) is 27.8 Å². The molecule has 1 atom stereocenters. The molecule has 1 unspecified atom stereocenters. The Morgan fingerprint density at radius 2 is 2.05 bits per heavy atom. The number of esters is 1. The van der Waals surface area contributed by atoms with Crippen molar-refractivity contribution in [2.24, 2.45) is 7.05 Å². The van der Waals surface area contributed by atoms with E-state index in [2.05, 4.69) is 10.4 Å². The lowest BCUT2D eigenvalue weighted by Gasteiger charge is -2.13. The van der Waals surface area contributed by atoms with Gasteiger partial charge in [-0.15, -0.1) is 0 Å². The Bertz CT molecular complexity index is 494. The van der Waals surface area contributed by atoms with Crippen molar-refractivity contribution in [1.82, 2.24) is 9.78 Å². The molecule has 0 fully saturated rings. The summed E-state index contributed by atoms with van der Waals surface area (Å²) in [5.41, 5.74) is 2.28. The molecule has 6 nitrogen and oxygen atoms in total. The van der Waals surface area contributed by atoms with Crippen LogP contribution in [0.5, 0.6) is 0 Å². The van der Waals surface area contributed by atoms with Crippen LogP contribution in [0.4, 0.5) is 5.69 Å². The number of ether oxygens (including phenoxy) is 1. The first-order valence-electron chi connectivity index (χ1n) is 6.87. The quantitative estimate of drug-likeness (QED) is 0.810. The number of hydrogen-bond acceptors (Lipinski definition) is 4. The van der Waals surface area contributed by atoms with Gasteiger partial charge < -0.3 is 10.1 Å². The first-order chi connectivity index (χ1) is 9.36. The number of carbonyl (C=O) groups is 2. The molecular formula is C14H23N3O3. The average molecular weight is 281 g/mol. The molecule has 20 heavy (non-hydrogen) atoms. The molecule has 1 heterocycles. The van der Waals surface area contributed by atoms with E-state index in [0.29, 0.717) is 12.1 Å². The molecule has 0 saturated carbocycles. The molecule has 0 aliphatic carbocycles. The summed E-state index contributed by atoms with van der Waals surface area (Å²) in [5, 5.41) is 6.98. The molecule has 1 aromatic heterocycles. The van der Waals surface area contributed by atoms with Crippen molar-refractivity contribution in [2.75, 3.05) is 5.32 Å². The van der Waals surface area contributed by atoms with Gasteiger partial charge in [0.1, 0.15) is 0 Å². The molecule has 112 valence electrons. The van der Waals surface area contributed by atoms with E-state index in [1.165, 1.54) is 0 Å². The molecule has 0 spiro atoms. The summed E-state index contributed by atoms with van der Waals surface area (Å²) in [5.74, 6) is -0.678. The average Bonchev–Trinajstić information content (AvgIpc) is 2.62. The number of carbonyl (C=O) groups excluding carboxylic acids is 2. The van der Waals surface area contributed by atoms with Crippen molar-refractivity contribution in [3.8, 4) is 0 Å². The van der Waals surface area contributed by atoms with Crippen molar-refractivity contribution >= 4 is 17.6 Å². The van der Waals surface area contributed by atoms with Gasteiger partial charge in [0, 0.05) is 13.5 Å². The lowest BCUT2D eigenvalue weighted by atomic mass is 10.2. The van der Waals surface area contributed by atoms with E-state index in [-0.39, 0.29) is 11.9 Å². The molecule has 0 bridgehead atoms. The summed E-state index contributed by atoms with van der Waals surface area (Å²) in [6.45, 7) is 7.26. The highest BCUT2D eigenvalue weighted by Gasteiger charge is 2.20. The van der Waals surface area contributed by atoms with Gasteiger partial charge in [-0.05, 0) is 27.2 Å². The van der Waals surface area contributed by atoms with Gasteiger partial charge in [-0.2, -0.15) is 5.10 Å². The lowest BCUT2D eigenvalue weighted by molar-refractivity contribution is -0.153. The minimum absolute atomic E-state index is 0.339. The second kappa shape index (κ2) is 7.07. The van der Waals surface area contributed by atoms with Gasteiger partial charge in [-0.25, -0.2) is 0 Å². The number of anilines is 1.